The Morgan fingerprint density at radius 2 is 2.14 bits per heavy atom. The van der Waals surface area contributed by atoms with Crippen LogP contribution in [-0.4, -0.2) is 29.3 Å². The molecule has 2 aromatic rings. The van der Waals surface area contributed by atoms with E-state index in [9.17, 15) is 4.79 Å². The first-order valence-corrected chi connectivity index (χ1v) is 6.94. The highest BCUT2D eigenvalue weighted by Crippen LogP contribution is 2.13. The summed E-state index contributed by atoms with van der Waals surface area (Å²) in [7, 11) is 3.49. The fraction of sp³-hybridized carbons (Fsp3) is 0.375. The highest BCUT2D eigenvalue weighted by molar-refractivity contribution is 5.96. The molecule has 0 unspecified atom stereocenters. The predicted molar refractivity (Wildman–Crippen MR) is 81.7 cm³/mol. The third kappa shape index (κ3) is 3.42. The predicted octanol–water partition coefficient (Wildman–Crippen LogP) is 2.02. The quantitative estimate of drug-likeness (QED) is 0.915. The van der Waals surface area contributed by atoms with Gasteiger partial charge in [0.05, 0.1) is 18.4 Å². The molecule has 5 heteroatoms. The lowest BCUT2D eigenvalue weighted by molar-refractivity contribution is 0.0953. The van der Waals surface area contributed by atoms with Crippen molar-refractivity contribution in [1.29, 1.82) is 0 Å². The Bertz CT molecular complexity index is 647. The number of benzene rings is 1. The van der Waals surface area contributed by atoms with Crippen molar-refractivity contribution in [2.45, 2.75) is 20.3 Å². The molecule has 0 atom stereocenters. The Hall–Kier alpha value is -2.30. The molecule has 0 spiro atoms. The van der Waals surface area contributed by atoms with Crippen LogP contribution in [0.5, 0.6) is 5.75 Å². The maximum absolute atomic E-state index is 12.2. The van der Waals surface area contributed by atoms with Gasteiger partial charge in [0.15, 0.2) is 0 Å². The Kier molecular flexibility index (Phi) is 4.62. The zero-order valence-electron chi connectivity index (χ0n) is 12.9. The van der Waals surface area contributed by atoms with Gasteiger partial charge in [0.2, 0.25) is 0 Å². The standard InChI is InChI=1S/C16H21N3O2/c1-11-15(12(2)19(3)18-11)16(20)17-9-8-13-6-5-7-14(10-13)21-4/h5-7,10H,8-9H2,1-4H3,(H,17,20). The first-order valence-electron chi connectivity index (χ1n) is 6.94. The van der Waals surface area contributed by atoms with Gasteiger partial charge in [-0.1, -0.05) is 12.1 Å². The topological polar surface area (TPSA) is 56.1 Å². The van der Waals surface area contributed by atoms with Crippen molar-refractivity contribution >= 4 is 5.91 Å². The van der Waals surface area contributed by atoms with Crippen molar-refractivity contribution in [3.63, 3.8) is 0 Å². The van der Waals surface area contributed by atoms with E-state index >= 15 is 0 Å². The van der Waals surface area contributed by atoms with Gasteiger partial charge < -0.3 is 10.1 Å². The number of rotatable bonds is 5. The third-order valence-electron chi connectivity index (χ3n) is 3.57. The summed E-state index contributed by atoms with van der Waals surface area (Å²) < 4.78 is 6.92. The molecule has 2 rings (SSSR count). The molecule has 0 aliphatic rings. The van der Waals surface area contributed by atoms with E-state index in [2.05, 4.69) is 10.4 Å². The molecule has 0 saturated carbocycles. The van der Waals surface area contributed by atoms with Crippen LogP contribution in [0, 0.1) is 13.8 Å². The zero-order chi connectivity index (χ0) is 15.4. The van der Waals surface area contributed by atoms with E-state index in [1.165, 1.54) is 0 Å². The molecule has 112 valence electrons. The van der Waals surface area contributed by atoms with E-state index in [1.54, 1.807) is 11.8 Å². The first-order chi connectivity index (χ1) is 10.0. The SMILES string of the molecule is COc1cccc(CCNC(=O)c2c(C)nn(C)c2C)c1. The number of aryl methyl sites for hydroxylation is 2. The molecule has 21 heavy (non-hydrogen) atoms. The number of aromatic nitrogens is 2. The van der Waals surface area contributed by atoms with Crippen molar-refractivity contribution < 1.29 is 9.53 Å². The van der Waals surface area contributed by atoms with E-state index in [0.717, 1.165) is 29.1 Å². The lowest BCUT2D eigenvalue weighted by Gasteiger charge is -2.07. The number of hydrogen-bond donors (Lipinski definition) is 1. The smallest absolute Gasteiger partial charge is 0.255 e. The average Bonchev–Trinajstić information content (AvgIpc) is 2.72. The van der Waals surface area contributed by atoms with Crippen LogP contribution in [0.1, 0.15) is 27.3 Å². The van der Waals surface area contributed by atoms with Gasteiger partial charge in [0.25, 0.3) is 5.91 Å². The molecule has 5 nitrogen and oxygen atoms in total. The second-order valence-corrected chi connectivity index (χ2v) is 5.03. The van der Waals surface area contributed by atoms with Gasteiger partial charge in [-0.25, -0.2) is 0 Å². The molecule has 0 aliphatic carbocycles. The van der Waals surface area contributed by atoms with E-state index in [4.69, 9.17) is 4.74 Å². The fourth-order valence-corrected chi connectivity index (χ4v) is 2.34. The number of carbonyl (C=O) groups excluding carboxylic acids is 1. The summed E-state index contributed by atoms with van der Waals surface area (Å²) >= 11 is 0. The Balaban J connectivity index is 1.95. The average molecular weight is 287 g/mol. The van der Waals surface area contributed by atoms with E-state index in [1.807, 2.05) is 45.2 Å². The summed E-state index contributed by atoms with van der Waals surface area (Å²) in [5.41, 5.74) is 3.44. The number of nitrogens with zero attached hydrogens (tertiary/aromatic N) is 2. The van der Waals surface area contributed by atoms with Crippen molar-refractivity contribution in [3.05, 3.63) is 46.8 Å². The minimum atomic E-state index is -0.0685. The second-order valence-electron chi connectivity index (χ2n) is 5.03. The van der Waals surface area contributed by atoms with E-state index < -0.39 is 0 Å². The molecule has 0 radical (unpaired) electrons. The molecule has 1 heterocycles. The number of hydrogen-bond acceptors (Lipinski definition) is 3. The molecule has 0 bridgehead atoms. The Morgan fingerprint density at radius 3 is 2.76 bits per heavy atom. The van der Waals surface area contributed by atoms with Crippen LogP contribution >= 0.6 is 0 Å². The molecule has 1 N–H and O–H groups in total. The molecule has 1 aromatic heterocycles. The van der Waals surface area contributed by atoms with Crippen molar-refractivity contribution in [2.75, 3.05) is 13.7 Å². The highest BCUT2D eigenvalue weighted by Gasteiger charge is 2.16. The summed E-state index contributed by atoms with van der Waals surface area (Å²) in [5.74, 6) is 0.763. The van der Waals surface area contributed by atoms with Gasteiger partial charge >= 0.3 is 0 Å². The zero-order valence-corrected chi connectivity index (χ0v) is 12.9. The maximum atomic E-state index is 12.2. The van der Waals surface area contributed by atoms with Gasteiger partial charge in [-0.05, 0) is 38.0 Å². The fourth-order valence-electron chi connectivity index (χ4n) is 2.34. The number of nitrogens with one attached hydrogen (secondary N) is 1. The summed E-state index contributed by atoms with van der Waals surface area (Å²) in [4.78, 5) is 12.2. The van der Waals surface area contributed by atoms with Crippen LogP contribution in [0.4, 0.5) is 0 Å². The highest BCUT2D eigenvalue weighted by atomic mass is 16.5. The molecular weight excluding hydrogens is 266 g/mol. The largest absolute Gasteiger partial charge is 0.497 e. The van der Waals surface area contributed by atoms with Gasteiger partial charge in [-0.3, -0.25) is 9.48 Å². The normalized spacial score (nSPS) is 10.5. The first kappa shape index (κ1) is 15.1. The summed E-state index contributed by atoms with van der Waals surface area (Å²) in [5, 5.41) is 7.21. The van der Waals surface area contributed by atoms with E-state index in [-0.39, 0.29) is 5.91 Å². The maximum Gasteiger partial charge on any atom is 0.255 e. The molecule has 1 amide bonds. The minimum absolute atomic E-state index is 0.0685. The minimum Gasteiger partial charge on any atom is -0.497 e. The number of amides is 1. The van der Waals surface area contributed by atoms with Crippen molar-refractivity contribution in [2.24, 2.45) is 7.05 Å². The molecule has 0 aliphatic heterocycles. The Labute approximate surface area is 124 Å². The van der Waals surface area contributed by atoms with Gasteiger partial charge in [0, 0.05) is 19.3 Å². The van der Waals surface area contributed by atoms with Crippen LogP contribution in [0.15, 0.2) is 24.3 Å². The summed E-state index contributed by atoms with van der Waals surface area (Å²) in [6, 6.07) is 7.86. The Morgan fingerprint density at radius 1 is 1.38 bits per heavy atom. The van der Waals surface area contributed by atoms with Crippen LogP contribution in [-0.2, 0) is 13.5 Å². The van der Waals surface area contributed by atoms with Gasteiger partial charge in [-0.2, -0.15) is 5.10 Å². The van der Waals surface area contributed by atoms with Gasteiger partial charge in [-0.15, -0.1) is 0 Å². The second kappa shape index (κ2) is 6.43. The third-order valence-corrected chi connectivity index (χ3v) is 3.57. The van der Waals surface area contributed by atoms with Crippen LogP contribution in [0.25, 0.3) is 0 Å². The van der Waals surface area contributed by atoms with Crippen molar-refractivity contribution in [1.82, 2.24) is 15.1 Å². The number of ether oxygens (including phenoxy) is 1. The number of methoxy groups -OCH3 is 1. The lowest BCUT2D eigenvalue weighted by atomic mass is 10.1. The molecule has 1 aromatic carbocycles. The van der Waals surface area contributed by atoms with Crippen LogP contribution in [0.2, 0.25) is 0 Å². The van der Waals surface area contributed by atoms with Gasteiger partial charge in [0.1, 0.15) is 5.75 Å². The molecule has 0 fully saturated rings. The van der Waals surface area contributed by atoms with Crippen LogP contribution < -0.4 is 10.1 Å². The van der Waals surface area contributed by atoms with Crippen LogP contribution in [0.3, 0.4) is 0 Å². The van der Waals surface area contributed by atoms with Crippen molar-refractivity contribution in [3.8, 4) is 5.75 Å². The lowest BCUT2D eigenvalue weighted by Crippen LogP contribution is -2.26. The monoisotopic (exact) mass is 287 g/mol. The van der Waals surface area contributed by atoms with E-state index in [0.29, 0.717) is 12.1 Å². The summed E-state index contributed by atoms with van der Waals surface area (Å²) in [6.07, 6.45) is 0.765. The molecule has 0 saturated heterocycles. The number of carbonyl (C=O) groups is 1. The molecular formula is C16H21N3O2. The summed E-state index contributed by atoms with van der Waals surface area (Å²) in [6.45, 7) is 4.33.